The van der Waals surface area contributed by atoms with Gasteiger partial charge in [0.05, 0.1) is 11.9 Å². The second-order valence-electron chi connectivity index (χ2n) is 9.41. The first-order valence-corrected chi connectivity index (χ1v) is 13.5. The Morgan fingerprint density at radius 3 is 2.36 bits per heavy atom. The normalized spacial score (nSPS) is 14.0. The quantitative estimate of drug-likeness (QED) is 0.246. The molecule has 1 fully saturated rings. The monoisotopic (exact) mass is 549 g/mol. The minimum Gasteiger partial charge on any atom is -0.481 e. The Bertz CT molecular complexity index is 1480. The van der Waals surface area contributed by atoms with Crippen molar-refractivity contribution < 1.29 is 13.5 Å². The number of aromatic nitrogens is 2. The van der Waals surface area contributed by atoms with Crippen LogP contribution >= 0.6 is 11.9 Å². The fraction of sp³-hybridized carbons (Fsp3) is 0.241. The van der Waals surface area contributed by atoms with Crippen LogP contribution in [0.15, 0.2) is 77.7 Å². The second kappa shape index (κ2) is 11.9. The van der Waals surface area contributed by atoms with Crippen molar-refractivity contribution in [3.05, 3.63) is 112 Å². The van der Waals surface area contributed by atoms with Crippen LogP contribution in [-0.4, -0.2) is 40.3 Å². The van der Waals surface area contributed by atoms with E-state index in [4.69, 9.17) is 10.5 Å². The Morgan fingerprint density at radius 1 is 0.949 bits per heavy atom. The number of hydrogen-bond acceptors (Lipinski definition) is 7. The van der Waals surface area contributed by atoms with Gasteiger partial charge in [0.15, 0.2) is 0 Å². The van der Waals surface area contributed by atoms with Gasteiger partial charge in [-0.05, 0) is 42.3 Å². The number of rotatable bonds is 8. The molecule has 5 rings (SSSR count). The van der Waals surface area contributed by atoms with Crippen molar-refractivity contribution in [1.29, 1.82) is 0 Å². The third-order valence-electron chi connectivity index (χ3n) is 6.45. The minimum atomic E-state index is -0.794. The number of aryl methyl sites for hydroxylation is 1. The van der Waals surface area contributed by atoms with Crippen molar-refractivity contribution in [1.82, 2.24) is 14.1 Å². The van der Waals surface area contributed by atoms with E-state index >= 15 is 0 Å². The van der Waals surface area contributed by atoms with Gasteiger partial charge in [0.1, 0.15) is 23.9 Å². The molecular formula is C29H29F2N5O2S. The molecule has 0 aliphatic carbocycles. The molecule has 10 heteroatoms. The van der Waals surface area contributed by atoms with E-state index in [-0.39, 0.29) is 18.0 Å². The van der Waals surface area contributed by atoms with Gasteiger partial charge in [-0.15, -0.1) is 0 Å². The highest BCUT2D eigenvalue weighted by atomic mass is 32.2. The van der Waals surface area contributed by atoms with Crippen LogP contribution in [0.1, 0.15) is 16.7 Å². The Balaban J connectivity index is 1.36. The second-order valence-corrected chi connectivity index (χ2v) is 10.5. The maximum Gasteiger partial charge on any atom is 0.316 e. The molecule has 0 amide bonds. The maximum atomic E-state index is 13.9. The molecule has 4 aromatic rings. The highest BCUT2D eigenvalue weighted by molar-refractivity contribution is 7.96. The molecule has 7 nitrogen and oxygen atoms in total. The molecule has 1 aliphatic heterocycles. The van der Waals surface area contributed by atoms with E-state index in [0.29, 0.717) is 18.8 Å². The summed E-state index contributed by atoms with van der Waals surface area (Å²) < 4.78 is 37.2. The van der Waals surface area contributed by atoms with Crippen LogP contribution in [0.5, 0.6) is 5.75 Å². The number of hydrogen-bond donors (Lipinski definition) is 1. The molecule has 0 saturated carbocycles. The molecule has 2 heterocycles. The molecule has 0 radical (unpaired) electrons. The third kappa shape index (κ3) is 6.58. The highest BCUT2D eigenvalue weighted by Gasteiger charge is 2.24. The fourth-order valence-electron chi connectivity index (χ4n) is 4.43. The van der Waals surface area contributed by atoms with Gasteiger partial charge in [-0.2, -0.15) is 9.78 Å². The average molecular weight is 550 g/mol. The van der Waals surface area contributed by atoms with Gasteiger partial charge in [0.25, 0.3) is 0 Å². The lowest BCUT2D eigenvalue weighted by Gasteiger charge is -2.35. The summed E-state index contributed by atoms with van der Waals surface area (Å²) in [6, 6.07) is 18.6. The van der Waals surface area contributed by atoms with E-state index in [1.807, 2.05) is 55.5 Å². The van der Waals surface area contributed by atoms with Gasteiger partial charge in [-0.3, -0.25) is 4.79 Å². The number of nitrogens with zero attached hydrogens (tertiary/aromatic N) is 4. The van der Waals surface area contributed by atoms with Gasteiger partial charge in [0.2, 0.25) is 5.75 Å². The molecule has 2 N–H and O–H groups in total. The van der Waals surface area contributed by atoms with Crippen molar-refractivity contribution in [2.75, 3.05) is 36.8 Å². The lowest BCUT2D eigenvalue weighted by Crippen LogP contribution is -2.44. The van der Waals surface area contributed by atoms with E-state index in [2.05, 4.69) is 14.3 Å². The summed E-state index contributed by atoms with van der Waals surface area (Å²) in [5, 5.41) is 4.26. The predicted molar refractivity (Wildman–Crippen MR) is 151 cm³/mol. The first kappa shape index (κ1) is 26.7. The Morgan fingerprint density at radius 2 is 1.67 bits per heavy atom. The number of benzene rings is 3. The van der Waals surface area contributed by atoms with Crippen LogP contribution < -0.4 is 20.9 Å². The van der Waals surface area contributed by atoms with E-state index in [1.165, 1.54) is 11.8 Å². The molecule has 39 heavy (non-hydrogen) atoms. The lowest BCUT2D eigenvalue weighted by atomic mass is 10.1. The molecule has 202 valence electrons. The largest absolute Gasteiger partial charge is 0.481 e. The van der Waals surface area contributed by atoms with Crippen LogP contribution in [-0.2, 0) is 12.4 Å². The number of ether oxygens (including phenoxy) is 1. The number of halogens is 2. The highest BCUT2D eigenvalue weighted by Crippen LogP contribution is 2.28. The zero-order valence-corrected chi connectivity index (χ0v) is 22.3. The summed E-state index contributed by atoms with van der Waals surface area (Å²) in [7, 11) is 0. The van der Waals surface area contributed by atoms with Gasteiger partial charge in [0, 0.05) is 43.7 Å². The Labute approximate surface area is 229 Å². The van der Waals surface area contributed by atoms with Crippen molar-refractivity contribution in [2.24, 2.45) is 0 Å². The third-order valence-corrected chi connectivity index (χ3v) is 7.64. The van der Waals surface area contributed by atoms with Crippen LogP contribution in [0.25, 0.3) is 5.69 Å². The van der Waals surface area contributed by atoms with Crippen LogP contribution in [0.2, 0.25) is 0 Å². The van der Waals surface area contributed by atoms with E-state index in [0.717, 1.165) is 58.5 Å². The fourth-order valence-corrected chi connectivity index (χ4v) is 5.38. The molecule has 0 bridgehead atoms. The number of nitrogen functional groups attached to an aromatic ring is 1. The van der Waals surface area contributed by atoms with E-state index in [1.54, 1.807) is 11.9 Å². The zero-order valence-electron chi connectivity index (χ0n) is 21.5. The summed E-state index contributed by atoms with van der Waals surface area (Å²) in [6.07, 6.45) is 1.53. The molecule has 0 spiro atoms. The molecule has 3 aromatic carbocycles. The zero-order chi connectivity index (χ0) is 27.4. The van der Waals surface area contributed by atoms with Crippen molar-refractivity contribution in [3.8, 4) is 11.4 Å². The number of anilines is 2. The van der Waals surface area contributed by atoms with Crippen molar-refractivity contribution in [3.63, 3.8) is 0 Å². The van der Waals surface area contributed by atoms with Crippen molar-refractivity contribution >= 4 is 23.3 Å². The SMILES string of the molecule is Cc1cccc(COc2c(N3CCN(SCc4ccc(N)cc4)CC3)cnn(-c3cc(F)cc(F)c3)c2=O)c1. The summed E-state index contributed by atoms with van der Waals surface area (Å²) in [5.41, 5.74) is 9.68. The van der Waals surface area contributed by atoms with Gasteiger partial charge < -0.3 is 15.4 Å². The van der Waals surface area contributed by atoms with Gasteiger partial charge in [-0.25, -0.2) is 13.1 Å². The molecular weight excluding hydrogens is 520 g/mol. The topological polar surface area (TPSA) is 76.6 Å². The number of piperazine rings is 1. The summed E-state index contributed by atoms with van der Waals surface area (Å²) in [5.74, 6) is -0.651. The summed E-state index contributed by atoms with van der Waals surface area (Å²) in [4.78, 5) is 15.6. The smallest absolute Gasteiger partial charge is 0.316 e. The first-order chi connectivity index (χ1) is 18.9. The first-order valence-electron chi connectivity index (χ1n) is 12.6. The van der Waals surface area contributed by atoms with Crippen LogP contribution in [0.3, 0.4) is 0 Å². The van der Waals surface area contributed by atoms with Crippen LogP contribution in [0.4, 0.5) is 20.2 Å². The minimum absolute atomic E-state index is 0.00616. The predicted octanol–water partition coefficient (Wildman–Crippen LogP) is 4.95. The molecule has 1 saturated heterocycles. The molecule has 1 aromatic heterocycles. The maximum absolute atomic E-state index is 13.9. The molecule has 1 aliphatic rings. The Hall–Kier alpha value is -3.89. The molecule has 0 atom stereocenters. The van der Waals surface area contributed by atoms with E-state index in [9.17, 15) is 13.6 Å². The standard InChI is InChI=1S/C29H29F2N5O2S/c1-20-3-2-4-22(13-20)18-38-28-27(17-33-36(29(28)37)26-15-23(30)14-24(31)16-26)34-9-11-35(12-10-34)39-19-21-5-7-25(32)8-6-21/h2-8,13-17H,9-12,18-19,32H2,1H3. The van der Waals surface area contributed by atoms with Crippen LogP contribution in [0, 0.1) is 18.6 Å². The van der Waals surface area contributed by atoms with Gasteiger partial charge >= 0.3 is 5.56 Å². The van der Waals surface area contributed by atoms with E-state index < -0.39 is 17.2 Å². The summed E-state index contributed by atoms with van der Waals surface area (Å²) >= 11 is 1.75. The average Bonchev–Trinajstić information content (AvgIpc) is 2.92. The van der Waals surface area contributed by atoms with Gasteiger partial charge in [-0.1, -0.05) is 53.9 Å². The number of nitrogens with two attached hydrogens (primary N) is 1. The Kier molecular flexibility index (Phi) is 8.13. The lowest BCUT2D eigenvalue weighted by molar-refractivity contribution is 0.298. The van der Waals surface area contributed by atoms with Crippen molar-refractivity contribution in [2.45, 2.75) is 19.3 Å². The summed E-state index contributed by atoms with van der Waals surface area (Å²) in [6.45, 7) is 5.02. The molecule has 0 unspecified atom stereocenters.